The lowest BCUT2D eigenvalue weighted by molar-refractivity contribution is -0.218. The number of hydrogen-bond donors (Lipinski definition) is 0. The Morgan fingerprint density at radius 1 is 1.06 bits per heavy atom. The highest BCUT2D eigenvalue weighted by atomic mass is 16.7. The van der Waals surface area contributed by atoms with Gasteiger partial charge in [-0.1, -0.05) is 19.8 Å². The van der Waals surface area contributed by atoms with Crippen LogP contribution in [0.4, 0.5) is 0 Å². The van der Waals surface area contributed by atoms with Gasteiger partial charge in [0.15, 0.2) is 5.79 Å². The molecule has 1 heterocycles. The van der Waals surface area contributed by atoms with Crippen molar-refractivity contribution in [3.63, 3.8) is 0 Å². The second-order valence-electron chi connectivity index (χ2n) is 6.52. The molecule has 2 saturated carbocycles. The summed E-state index contributed by atoms with van der Waals surface area (Å²) in [6.45, 7) is 3.98. The summed E-state index contributed by atoms with van der Waals surface area (Å²) in [5.41, 5.74) is 0.325. The Morgan fingerprint density at radius 2 is 1.78 bits per heavy atom. The molecule has 2 aliphatic carbocycles. The molecule has 104 valence electrons. The van der Waals surface area contributed by atoms with Crippen molar-refractivity contribution in [2.75, 3.05) is 20.3 Å². The van der Waals surface area contributed by atoms with Gasteiger partial charge in [-0.05, 0) is 30.6 Å². The summed E-state index contributed by atoms with van der Waals surface area (Å²) in [6.07, 6.45) is 8.88. The van der Waals surface area contributed by atoms with Gasteiger partial charge in [-0.3, -0.25) is 0 Å². The molecule has 0 bridgehead atoms. The highest BCUT2D eigenvalue weighted by Crippen LogP contribution is 2.54. The van der Waals surface area contributed by atoms with Gasteiger partial charge >= 0.3 is 0 Å². The van der Waals surface area contributed by atoms with Gasteiger partial charge < -0.3 is 14.2 Å². The van der Waals surface area contributed by atoms with Gasteiger partial charge in [0.25, 0.3) is 0 Å². The van der Waals surface area contributed by atoms with E-state index in [0.29, 0.717) is 17.4 Å². The maximum Gasteiger partial charge on any atom is 0.168 e. The number of hydrogen-bond acceptors (Lipinski definition) is 3. The normalized spacial score (nSPS) is 43.7. The average molecular weight is 254 g/mol. The average Bonchev–Trinajstić information content (AvgIpc) is 2.75. The van der Waals surface area contributed by atoms with Crippen LogP contribution >= 0.6 is 0 Å². The van der Waals surface area contributed by atoms with Gasteiger partial charge in [-0.15, -0.1) is 0 Å². The van der Waals surface area contributed by atoms with Crippen LogP contribution in [0.2, 0.25) is 0 Å². The molecule has 3 aliphatic rings. The maximum absolute atomic E-state index is 5.92. The van der Waals surface area contributed by atoms with Crippen molar-refractivity contribution in [3.8, 4) is 0 Å². The monoisotopic (exact) mass is 254 g/mol. The van der Waals surface area contributed by atoms with Gasteiger partial charge in [0.1, 0.15) is 0 Å². The van der Waals surface area contributed by atoms with Crippen molar-refractivity contribution in [2.24, 2.45) is 11.3 Å². The van der Waals surface area contributed by atoms with Crippen molar-refractivity contribution in [1.29, 1.82) is 0 Å². The fourth-order valence-electron chi connectivity index (χ4n) is 4.43. The minimum atomic E-state index is -0.243. The molecular weight excluding hydrogens is 228 g/mol. The van der Waals surface area contributed by atoms with E-state index in [-0.39, 0.29) is 5.79 Å². The van der Waals surface area contributed by atoms with E-state index in [4.69, 9.17) is 14.2 Å². The number of rotatable bonds is 1. The quantitative estimate of drug-likeness (QED) is 0.719. The largest absolute Gasteiger partial charge is 0.381 e. The summed E-state index contributed by atoms with van der Waals surface area (Å²) in [6, 6.07) is 0. The van der Waals surface area contributed by atoms with Gasteiger partial charge in [-0.2, -0.15) is 0 Å². The van der Waals surface area contributed by atoms with Gasteiger partial charge in [0.2, 0.25) is 0 Å². The summed E-state index contributed by atoms with van der Waals surface area (Å²) in [5, 5.41) is 0. The number of methoxy groups -OCH3 is 1. The molecule has 3 fully saturated rings. The summed E-state index contributed by atoms with van der Waals surface area (Å²) >= 11 is 0. The van der Waals surface area contributed by atoms with E-state index in [1.807, 2.05) is 7.11 Å². The Balaban J connectivity index is 1.81. The topological polar surface area (TPSA) is 27.7 Å². The molecule has 0 radical (unpaired) electrons. The molecule has 3 heteroatoms. The van der Waals surface area contributed by atoms with Crippen molar-refractivity contribution >= 4 is 0 Å². The third kappa shape index (κ3) is 2.00. The van der Waals surface area contributed by atoms with E-state index < -0.39 is 0 Å². The lowest BCUT2D eigenvalue weighted by Gasteiger charge is -2.50. The minimum Gasteiger partial charge on any atom is -0.381 e. The minimum absolute atomic E-state index is 0.243. The molecule has 0 aromatic heterocycles. The van der Waals surface area contributed by atoms with Crippen molar-refractivity contribution in [2.45, 2.75) is 63.8 Å². The highest BCUT2D eigenvalue weighted by Gasteiger charge is 2.53. The summed E-state index contributed by atoms with van der Waals surface area (Å²) in [7, 11) is 1.88. The molecule has 1 saturated heterocycles. The first kappa shape index (κ1) is 12.9. The Morgan fingerprint density at radius 3 is 2.50 bits per heavy atom. The molecule has 0 unspecified atom stereocenters. The Kier molecular flexibility index (Phi) is 3.41. The van der Waals surface area contributed by atoms with Gasteiger partial charge in [0.05, 0.1) is 19.3 Å². The van der Waals surface area contributed by atoms with E-state index in [2.05, 4.69) is 6.92 Å². The van der Waals surface area contributed by atoms with Crippen LogP contribution in [-0.4, -0.2) is 32.2 Å². The van der Waals surface area contributed by atoms with Crippen LogP contribution in [0, 0.1) is 11.3 Å². The molecule has 1 spiro atoms. The van der Waals surface area contributed by atoms with Gasteiger partial charge in [0, 0.05) is 20.0 Å². The molecule has 3 nitrogen and oxygen atoms in total. The van der Waals surface area contributed by atoms with E-state index in [0.717, 1.165) is 26.1 Å². The Hall–Kier alpha value is -0.120. The number of ether oxygens (including phenoxy) is 3. The summed E-state index contributed by atoms with van der Waals surface area (Å²) < 4.78 is 17.7. The Bertz CT molecular complexity index is 298. The first-order valence-corrected chi connectivity index (χ1v) is 7.49. The molecule has 3 rings (SSSR count). The molecule has 0 amide bonds. The van der Waals surface area contributed by atoms with Crippen molar-refractivity contribution in [1.82, 2.24) is 0 Å². The predicted molar refractivity (Wildman–Crippen MR) is 69.3 cm³/mol. The zero-order chi connectivity index (χ0) is 12.6. The van der Waals surface area contributed by atoms with E-state index in [9.17, 15) is 0 Å². The molecule has 0 aromatic carbocycles. The second kappa shape index (κ2) is 4.77. The highest BCUT2D eigenvalue weighted by molar-refractivity contribution is 4.99. The first-order chi connectivity index (χ1) is 8.69. The van der Waals surface area contributed by atoms with E-state index in [1.165, 1.54) is 32.1 Å². The fourth-order valence-corrected chi connectivity index (χ4v) is 4.43. The smallest absolute Gasteiger partial charge is 0.168 e. The molecule has 0 N–H and O–H groups in total. The standard InChI is InChI=1S/C15H26O3/c1-14-7-8-15(17-9-10-18-15)11-12(14)5-3-4-6-13(14)16-2/h12-13H,3-11H2,1-2H3/t12-,13+,14+/m1/s1. The van der Waals surface area contributed by atoms with Crippen LogP contribution in [-0.2, 0) is 14.2 Å². The molecule has 18 heavy (non-hydrogen) atoms. The molecular formula is C15H26O3. The zero-order valence-corrected chi connectivity index (χ0v) is 11.7. The third-order valence-electron chi connectivity index (χ3n) is 5.64. The summed E-state index contributed by atoms with van der Waals surface area (Å²) in [5.74, 6) is 0.448. The third-order valence-corrected chi connectivity index (χ3v) is 5.64. The lowest BCUT2D eigenvalue weighted by atomic mass is 9.62. The zero-order valence-electron chi connectivity index (χ0n) is 11.7. The summed E-state index contributed by atoms with van der Waals surface area (Å²) in [4.78, 5) is 0. The maximum atomic E-state index is 5.92. The SMILES string of the molecule is CO[C@H]1CCCC[C@@H]2CC3(CC[C@@]21C)OCCO3. The molecule has 3 atom stereocenters. The van der Waals surface area contributed by atoms with Gasteiger partial charge in [-0.25, -0.2) is 0 Å². The van der Waals surface area contributed by atoms with E-state index >= 15 is 0 Å². The lowest BCUT2D eigenvalue weighted by Crippen LogP contribution is -2.49. The molecule has 1 aliphatic heterocycles. The predicted octanol–water partition coefficient (Wildman–Crippen LogP) is 3.12. The van der Waals surface area contributed by atoms with Crippen LogP contribution in [0.15, 0.2) is 0 Å². The second-order valence-corrected chi connectivity index (χ2v) is 6.52. The van der Waals surface area contributed by atoms with Crippen LogP contribution < -0.4 is 0 Å². The van der Waals surface area contributed by atoms with Crippen molar-refractivity contribution < 1.29 is 14.2 Å². The Labute approximate surface area is 110 Å². The van der Waals surface area contributed by atoms with Crippen molar-refractivity contribution in [3.05, 3.63) is 0 Å². The van der Waals surface area contributed by atoms with E-state index in [1.54, 1.807) is 0 Å². The fraction of sp³-hybridized carbons (Fsp3) is 1.00. The van der Waals surface area contributed by atoms with Crippen LogP contribution in [0.25, 0.3) is 0 Å². The van der Waals surface area contributed by atoms with Crippen LogP contribution in [0.5, 0.6) is 0 Å². The van der Waals surface area contributed by atoms with Crippen LogP contribution in [0.1, 0.15) is 51.9 Å². The molecule has 0 aromatic rings. The van der Waals surface area contributed by atoms with Crippen LogP contribution in [0.3, 0.4) is 0 Å². The number of fused-ring (bicyclic) bond motifs is 1. The first-order valence-electron chi connectivity index (χ1n) is 7.49.